The molecule has 1 atom stereocenters. The van der Waals surface area contributed by atoms with Gasteiger partial charge in [-0.15, -0.1) is 0 Å². The van der Waals surface area contributed by atoms with Crippen molar-refractivity contribution in [2.24, 2.45) is 11.7 Å². The first-order chi connectivity index (χ1) is 8.11. The Hall–Kier alpha value is -1.26. The highest BCUT2D eigenvalue weighted by Gasteiger charge is 1.97. The van der Waals surface area contributed by atoms with Crippen LogP contribution in [0.25, 0.3) is 0 Å². The minimum absolute atomic E-state index is 0.00957. The summed E-state index contributed by atoms with van der Waals surface area (Å²) in [6.45, 7) is 6.59. The van der Waals surface area contributed by atoms with Crippen LogP contribution >= 0.6 is 0 Å². The maximum absolute atomic E-state index is 5.85. The van der Waals surface area contributed by atoms with Gasteiger partial charge in [-0.25, -0.2) is 0 Å². The maximum atomic E-state index is 5.85. The number of nitrogens with two attached hydrogens (primary N) is 1. The van der Waals surface area contributed by atoms with E-state index in [4.69, 9.17) is 5.73 Å². The van der Waals surface area contributed by atoms with Gasteiger partial charge < -0.3 is 5.73 Å². The van der Waals surface area contributed by atoms with E-state index in [1.165, 1.54) is 5.56 Å². The highest BCUT2D eigenvalue weighted by atomic mass is 14.6. The Morgan fingerprint density at radius 3 is 2.35 bits per heavy atom. The summed E-state index contributed by atoms with van der Waals surface area (Å²) in [4.78, 5) is 0. The Morgan fingerprint density at radius 1 is 1.18 bits per heavy atom. The molecule has 1 aromatic rings. The molecule has 0 radical (unpaired) electrons. The Morgan fingerprint density at radius 2 is 1.82 bits per heavy atom. The van der Waals surface area contributed by atoms with Crippen LogP contribution in [-0.2, 0) is 6.42 Å². The Bertz CT molecular complexity index is 378. The first kappa shape index (κ1) is 13.8. The fourth-order valence-corrected chi connectivity index (χ4v) is 1.75. The van der Waals surface area contributed by atoms with Crippen LogP contribution in [0, 0.1) is 17.8 Å². The van der Waals surface area contributed by atoms with Gasteiger partial charge in [0.2, 0.25) is 0 Å². The summed E-state index contributed by atoms with van der Waals surface area (Å²) < 4.78 is 0. The third-order valence-corrected chi connectivity index (χ3v) is 2.60. The van der Waals surface area contributed by atoms with Gasteiger partial charge in [0.1, 0.15) is 0 Å². The number of rotatable bonds is 4. The molecule has 0 aliphatic carbocycles. The van der Waals surface area contributed by atoms with E-state index in [1.54, 1.807) is 0 Å². The zero-order chi connectivity index (χ0) is 12.7. The molecule has 0 saturated heterocycles. The van der Waals surface area contributed by atoms with E-state index in [0.29, 0.717) is 5.92 Å². The van der Waals surface area contributed by atoms with Crippen molar-refractivity contribution in [1.29, 1.82) is 0 Å². The van der Waals surface area contributed by atoms with Gasteiger partial charge in [0.15, 0.2) is 0 Å². The van der Waals surface area contributed by atoms with E-state index in [-0.39, 0.29) is 6.04 Å². The zero-order valence-corrected chi connectivity index (χ0v) is 11.2. The van der Waals surface area contributed by atoms with Crippen LogP contribution < -0.4 is 5.73 Å². The van der Waals surface area contributed by atoms with Crippen LogP contribution in [0.15, 0.2) is 24.3 Å². The van der Waals surface area contributed by atoms with E-state index in [0.717, 1.165) is 24.8 Å². The maximum Gasteiger partial charge on any atom is 0.0668 e. The predicted octanol–water partition coefficient (Wildman–Crippen LogP) is 3.36. The van der Waals surface area contributed by atoms with Crippen LogP contribution in [0.4, 0.5) is 0 Å². The molecule has 0 heterocycles. The number of hydrogen-bond acceptors (Lipinski definition) is 1. The van der Waals surface area contributed by atoms with Gasteiger partial charge in [-0.1, -0.05) is 51.2 Å². The van der Waals surface area contributed by atoms with Crippen molar-refractivity contribution >= 4 is 0 Å². The van der Waals surface area contributed by atoms with Crippen molar-refractivity contribution in [2.75, 3.05) is 0 Å². The first-order valence-electron chi connectivity index (χ1n) is 6.48. The second-order valence-corrected chi connectivity index (χ2v) is 4.96. The summed E-state index contributed by atoms with van der Waals surface area (Å²) in [5, 5.41) is 0. The van der Waals surface area contributed by atoms with Crippen LogP contribution in [0.3, 0.4) is 0 Å². The molecular formula is C16H23N. The molecule has 0 amide bonds. The minimum atomic E-state index is 0.00957. The summed E-state index contributed by atoms with van der Waals surface area (Å²) in [6, 6.07) is 8.51. The van der Waals surface area contributed by atoms with E-state index in [9.17, 15) is 0 Å². The predicted molar refractivity (Wildman–Crippen MR) is 74.7 cm³/mol. The fourth-order valence-electron chi connectivity index (χ4n) is 1.75. The highest BCUT2D eigenvalue weighted by Crippen LogP contribution is 2.09. The van der Waals surface area contributed by atoms with Gasteiger partial charge in [-0.2, -0.15) is 0 Å². The first-order valence-corrected chi connectivity index (χ1v) is 6.48. The number of hydrogen-bond donors (Lipinski definition) is 1. The van der Waals surface area contributed by atoms with E-state index < -0.39 is 0 Å². The SMILES string of the molecule is CCCC(N)C#Cc1ccc(CC(C)C)cc1. The van der Waals surface area contributed by atoms with Gasteiger partial charge in [0.05, 0.1) is 6.04 Å². The molecule has 0 saturated carbocycles. The van der Waals surface area contributed by atoms with E-state index in [1.807, 2.05) is 0 Å². The lowest BCUT2D eigenvalue weighted by Gasteiger charge is -2.04. The summed E-state index contributed by atoms with van der Waals surface area (Å²) in [5.74, 6) is 6.92. The minimum Gasteiger partial charge on any atom is -0.318 e. The molecule has 0 aromatic heterocycles. The smallest absolute Gasteiger partial charge is 0.0668 e. The van der Waals surface area contributed by atoms with Crippen molar-refractivity contribution in [3.05, 3.63) is 35.4 Å². The summed E-state index contributed by atoms with van der Waals surface area (Å²) >= 11 is 0. The van der Waals surface area contributed by atoms with E-state index in [2.05, 4.69) is 56.9 Å². The Labute approximate surface area is 105 Å². The molecule has 1 rings (SSSR count). The van der Waals surface area contributed by atoms with Crippen molar-refractivity contribution in [3.8, 4) is 11.8 Å². The van der Waals surface area contributed by atoms with E-state index >= 15 is 0 Å². The lowest BCUT2D eigenvalue weighted by atomic mass is 10.0. The quantitative estimate of drug-likeness (QED) is 0.787. The summed E-state index contributed by atoms with van der Waals surface area (Å²) in [5.41, 5.74) is 8.29. The lowest BCUT2D eigenvalue weighted by molar-refractivity contribution is 0.647. The monoisotopic (exact) mass is 229 g/mol. The van der Waals surface area contributed by atoms with Crippen LogP contribution in [0.5, 0.6) is 0 Å². The molecule has 0 bridgehead atoms. The third-order valence-electron chi connectivity index (χ3n) is 2.60. The number of benzene rings is 1. The second-order valence-electron chi connectivity index (χ2n) is 4.96. The summed E-state index contributed by atoms with van der Waals surface area (Å²) in [7, 11) is 0. The molecule has 1 nitrogen and oxygen atoms in total. The van der Waals surface area contributed by atoms with Crippen LogP contribution in [0.1, 0.15) is 44.7 Å². The summed E-state index contributed by atoms with van der Waals surface area (Å²) in [6.07, 6.45) is 3.19. The molecule has 1 heteroatoms. The standard InChI is InChI=1S/C16H23N/c1-4-5-16(17)11-10-14-6-8-15(9-7-14)12-13(2)3/h6-9,13,16H,4-5,12,17H2,1-3H3. The molecule has 17 heavy (non-hydrogen) atoms. The van der Waals surface area contributed by atoms with Gasteiger partial charge in [-0.05, 0) is 36.5 Å². The Balaban J connectivity index is 2.61. The van der Waals surface area contributed by atoms with Crippen molar-refractivity contribution < 1.29 is 0 Å². The molecule has 0 aliphatic heterocycles. The van der Waals surface area contributed by atoms with Gasteiger partial charge in [0.25, 0.3) is 0 Å². The fraction of sp³-hybridized carbons (Fsp3) is 0.500. The van der Waals surface area contributed by atoms with Crippen LogP contribution in [0.2, 0.25) is 0 Å². The second kappa shape index (κ2) is 7.14. The van der Waals surface area contributed by atoms with Crippen molar-refractivity contribution in [3.63, 3.8) is 0 Å². The third kappa shape index (κ3) is 5.56. The molecule has 2 N–H and O–H groups in total. The van der Waals surface area contributed by atoms with Crippen molar-refractivity contribution in [2.45, 2.75) is 46.1 Å². The Kier molecular flexibility index (Phi) is 5.80. The van der Waals surface area contributed by atoms with Crippen LogP contribution in [-0.4, -0.2) is 6.04 Å². The van der Waals surface area contributed by atoms with Gasteiger partial charge in [-0.3, -0.25) is 0 Å². The van der Waals surface area contributed by atoms with Gasteiger partial charge in [0, 0.05) is 5.56 Å². The molecular weight excluding hydrogens is 206 g/mol. The van der Waals surface area contributed by atoms with Crippen molar-refractivity contribution in [1.82, 2.24) is 0 Å². The highest BCUT2D eigenvalue weighted by molar-refractivity contribution is 5.37. The van der Waals surface area contributed by atoms with Gasteiger partial charge >= 0.3 is 0 Å². The zero-order valence-electron chi connectivity index (χ0n) is 11.2. The molecule has 92 valence electrons. The molecule has 0 fully saturated rings. The molecule has 0 aliphatic rings. The molecule has 0 spiro atoms. The molecule has 1 aromatic carbocycles. The average molecular weight is 229 g/mol. The molecule has 1 unspecified atom stereocenters. The topological polar surface area (TPSA) is 26.0 Å². The average Bonchev–Trinajstić information content (AvgIpc) is 2.28. The normalized spacial score (nSPS) is 12.1. The lowest BCUT2D eigenvalue weighted by Crippen LogP contribution is -2.16. The largest absolute Gasteiger partial charge is 0.318 e.